The van der Waals surface area contributed by atoms with E-state index in [1.165, 1.54) is 81.9 Å². The molecule has 10 nitrogen and oxygen atoms in total. The molecule has 1 aromatic rings. The van der Waals surface area contributed by atoms with Crippen LogP contribution < -0.4 is 0 Å². The highest BCUT2D eigenvalue weighted by Crippen LogP contribution is 2.21. The van der Waals surface area contributed by atoms with Crippen LogP contribution >= 0.6 is 0 Å². The summed E-state index contributed by atoms with van der Waals surface area (Å²) in [6.07, 6.45) is 17.7. The number of rotatable bonds is 35. The van der Waals surface area contributed by atoms with Crippen LogP contribution in [0.4, 0.5) is 0 Å². The first-order valence-corrected chi connectivity index (χ1v) is 18.2. The van der Waals surface area contributed by atoms with Crippen molar-refractivity contribution >= 4 is 11.8 Å². The smallest absolute Gasteiger partial charge is 0.261 e. The molecule has 0 radical (unpaired) electrons. The zero-order valence-corrected chi connectivity index (χ0v) is 29.2. The van der Waals surface area contributed by atoms with Crippen LogP contribution in [-0.2, 0) is 33.2 Å². The Morgan fingerprint density at radius 1 is 0.404 bits per heavy atom. The SMILES string of the molecule is CCCCCCCCCCCCCCCOCCOCCOCCOCCOCCOCCOCCN1C(=O)c2ccccc2C1=O. The van der Waals surface area contributed by atoms with E-state index in [2.05, 4.69) is 6.92 Å². The van der Waals surface area contributed by atoms with Crippen molar-refractivity contribution in [1.82, 2.24) is 4.90 Å². The maximum absolute atomic E-state index is 12.3. The average molecular weight is 666 g/mol. The van der Waals surface area contributed by atoms with Crippen molar-refractivity contribution in [3.63, 3.8) is 0 Å². The van der Waals surface area contributed by atoms with Gasteiger partial charge in [0.25, 0.3) is 11.8 Å². The number of nitrogens with zero attached hydrogens (tertiary/aromatic N) is 1. The molecule has 1 aromatic carbocycles. The van der Waals surface area contributed by atoms with Gasteiger partial charge in [-0.1, -0.05) is 96.1 Å². The Kier molecular flexibility index (Phi) is 26.5. The van der Waals surface area contributed by atoms with E-state index >= 15 is 0 Å². The third-order valence-electron chi connectivity index (χ3n) is 7.96. The summed E-state index contributed by atoms with van der Waals surface area (Å²) in [5, 5.41) is 0. The lowest BCUT2D eigenvalue weighted by Crippen LogP contribution is -2.33. The Morgan fingerprint density at radius 3 is 1.06 bits per heavy atom. The maximum Gasteiger partial charge on any atom is 0.261 e. The summed E-state index contributed by atoms with van der Waals surface area (Å²) in [5.74, 6) is -0.536. The van der Waals surface area contributed by atoms with Gasteiger partial charge in [-0.15, -0.1) is 0 Å². The number of hydrogen-bond donors (Lipinski definition) is 0. The molecule has 0 spiro atoms. The van der Waals surface area contributed by atoms with Gasteiger partial charge in [0, 0.05) is 6.61 Å². The lowest BCUT2D eigenvalue weighted by atomic mass is 10.0. The molecule has 0 aromatic heterocycles. The molecule has 1 aliphatic heterocycles. The Hall–Kier alpha value is -1.92. The number of hydrogen-bond acceptors (Lipinski definition) is 9. The van der Waals surface area contributed by atoms with Crippen molar-refractivity contribution in [2.24, 2.45) is 0 Å². The third kappa shape index (κ3) is 20.9. The Bertz CT molecular complexity index is 865. The van der Waals surface area contributed by atoms with Crippen molar-refractivity contribution in [2.75, 3.05) is 99.0 Å². The number of imide groups is 1. The zero-order valence-electron chi connectivity index (χ0n) is 29.2. The maximum atomic E-state index is 12.3. The Labute approximate surface area is 284 Å². The van der Waals surface area contributed by atoms with Crippen molar-refractivity contribution in [3.8, 4) is 0 Å². The van der Waals surface area contributed by atoms with Crippen molar-refractivity contribution in [1.29, 1.82) is 0 Å². The topological polar surface area (TPSA) is 102 Å². The molecular formula is C37H63NO9. The van der Waals surface area contributed by atoms with E-state index in [0.29, 0.717) is 90.4 Å². The molecule has 0 bridgehead atoms. The van der Waals surface area contributed by atoms with Crippen molar-refractivity contribution in [2.45, 2.75) is 90.4 Å². The molecular weight excluding hydrogens is 602 g/mol. The van der Waals surface area contributed by atoms with E-state index in [0.717, 1.165) is 13.0 Å². The van der Waals surface area contributed by atoms with E-state index in [9.17, 15) is 9.59 Å². The van der Waals surface area contributed by atoms with Gasteiger partial charge in [-0.25, -0.2) is 0 Å². The molecule has 2 rings (SSSR count). The molecule has 0 fully saturated rings. The first-order chi connectivity index (χ1) is 23.3. The van der Waals surface area contributed by atoms with Gasteiger partial charge < -0.3 is 33.2 Å². The summed E-state index contributed by atoms with van der Waals surface area (Å²) in [6.45, 7) is 9.68. The molecule has 0 unspecified atom stereocenters. The highest BCUT2D eigenvalue weighted by atomic mass is 16.6. The predicted octanol–water partition coefficient (Wildman–Crippen LogP) is 6.49. The molecule has 0 atom stereocenters. The van der Waals surface area contributed by atoms with Crippen LogP contribution in [0.15, 0.2) is 24.3 Å². The molecule has 270 valence electrons. The molecule has 0 aliphatic carbocycles. The van der Waals surface area contributed by atoms with Crippen molar-refractivity contribution < 1.29 is 42.7 Å². The van der Waals surface area contributed by atoms with Crippen LogP contribution in [0.5, 0.6) is 0 Å². The molecule has 47 heavy (non-hydrogen) atoms. The molecule has 0 N–H and O–H groups in total. The lowest BCUT2D eigenvalue weighted by Gasteiger charge is -2.13. The van der Waals surface area contributed by atoms with Crippen LogP contribution in [0, 0.1) is 0 Å². The van der Waals surface area contributed by atoms with Crippen LogP contribution in [0.1, 0.15) is 111 Å². The van der Waals surface area contributed by atoms with E-state index in [1.807, 2.05) is 0 Å². The fourth-order valence-corrected chi connectivity index (χ4v) is 5.24. The number of ether oxygens (including phenoxy) is 7. The summed E-state index contributed by atoms with van der Waals surface area (Å²) < 4.78 is 38.7. The molecule has 0 saturated carbocycles. The van der Waals surface area contributed by atoms with Crippen LogP contribution in [-0.4, -0.2) is 116 Å². The fourth-order valence-electron chi connectivity index (χ4n) is 5.24. The van der Waals surface area contributed by atoms with E-state index in [-0.39, 0.29) is 25.0 Å². The summed E-state index contributed by atoms with van der Waals surface area (Å²) in [4.78, 5) is 25.8. The molecule has 10 heteroatoms. The van der Waals surface area contributed by atoms with Gasteiger partial charge in [-0.05, 0) is 18.6 Å². The van der Waals surface area contributed by atoms with Gasteiger partial charge in [0.05, 0.1) is 104 Å². The highest BCUT2D eigenvalue weighted by molar-refractivity contribution is 6.21. The first-order valence-electron chi connectivity index (χ1n) is 18.2. The average Bonchev–Trinajstić information content (AvgIpc) is 3.33. The van der Waals surface area contributed by atoms with Gasteiger partial charge in [-0.2, -0.15) is 0 Å². The van der Waals surface area contributed by atoms with Crippen LogP contribution in [0.2, 0.25) is 0 Å². The number of carbonyl (C=O) groups excluding carboxylic acids is 2. The van der Waals surface area contributed by atoms with Gasteiger partial charge in [-0.3, -0.25) is 14.5 Å². The fraction of sp³-hybridized carbons (Fsp3) is 0.784. The largest absolute Gasteiger partial charge is 0.379 e. The molecule has 1 heterocycles. The Morgan fingerprint density at radius 2 is 0.702 bits per heavy atom. The van der Waals surface area contributed by atoms with Crippen LogP contribution in [0.3, 0.4) is 0 Å². The number of benzene rings is 1. The Balaban J connectivity index is 1.18. The molecule has 1 aliphatic rings. The monoisotopic (exact) mass is 665 g/mol. The first kappa shape index (κ1) is 41.3. The van der Waals surface area contributed by atoms with Gasteiger partial charge in [0.1, 0.15) is 0 Å². The third-order valence-corrected chi connectivity index (χ3v) is 7.96. The predicted molar refractivity (Wildman–Crippen MR) is 183 cm³/mol. The van der Waals surface area contributed by atoms with Gasteiger partial charge >= 0.3 is 0 Å². The summed E-state index contributed by atoms with van der Waals surface area (Å²) in [6, 6.07) is 6.85. The zero-order chi connectivity index (χ0) is 33.5. The minimum atomic E-state index is -0.268. The lowest BCUT2D eigenvalue weighted by molar-refractivity contribution is -0.0208. The molecule has 2 amide bonds. The quantitative estimate of drug-likeness (QED) is 0.0595. The minimum absolute atomic E-state index is 0.226. The van der Waals surface area contributed by atoms with E-state index in [1.54, 1.807) is 24.3 Å². The number of fused-ring (bicyclic) bond motifs is 1. The normalized spacial score (nSPS) is 12.8. The number of amides is 2. The second-order valence-corrected chi connectivity index (χ2v) is 11.8. The number of unbranched alkanes of at least 4 members (excludes halogenated alkanes) is 12. The minimum Gasteiger partial charge on any atom is -0.379 e. The standard InChI is InChI=1S/C37H63NO9/c1-2-3-4-5-6-7-8-9-10-11-12-13-16-20-41-22-24-43-26-28-45-30-32-47-33-31-46-29-27-44-25-23-42-21-19-38-36(39)34-17-14-15-18-35(34)37(38)40/h14-15,17-18H,2-13,16,19-33H2,1H3. The second-order valence-electron chi connectivity index (χ2n) is 11.8. The van der Waals surface area contributed by atoms with Gasteiger partial charge in [0.15, 0.2) is 0 Å². The summed E-state index contributed by atoms with van der Waals surface area (Å²) in [5.41, 5.74) is 0.902. The highest BCUT2D eigenvalue weighted by Gasteiger charge is 2.34. The summed E-state index contributed by atoms with van der Waals surface area (Å²) in [7, 11) is 0. The molecule has 0 saturated heterocycles. The summed E-state index contributed by atoms with van der Waals surface area (Å²) >= 11 is 0. The van der Waals surface area contributed by atoms with Crippen LogP contribution in [0.25, 0.3) is 0 Å². The van der Waals surface area contributed by atoms with Crippen molar-refractivity contribution in [3.05, 3.63) is 35.4 Å². The second kappa shape index (κ2) is 30.2. The van der Waals surface area contributed by atoms with Gasteiger partial charge in [0.2, 0.25) is 0 Å². The number of carbonyl (C=O) groups is 2. The van der Waals surface area contributed by atoms with E-state index in [4.69, 9.17) is 33.2 Å². The van der Waals surface area contributed by atoms with E-state index < -0.39 is 0 Å².